The fourth-order valence-corrected chi connectivity index (χ4v) is 11.6. The number of oxime groups is 1. The molecule has 0 aromatic heterocycles. The Morgan fingerprint density at radius 3 is 2.35 bits per heavy atom. The summed E-state index contributed by atoms with van der Waals surface area (Å²) < 4.78 is 27.7. The van der Waals surface area contributed by atoms with E-state index in [0.29, 0.717) is 43.9 Å². The van der Waals surface area contributed by atoms with Crippen molar-refractivity contribution in [2.24, 2.45) is 28.8 Å². The number of hydrogen-bond acceptors (Lipinski definition) is 9. The Labute approximate surface area is 406 Å². The Morgan fingerprint density at radius 2 is 1.58 bits per heavy atom. The molecular weight excluding hydrogens is 865 g/mol. The zero-order valence-electron chi connectivity index (χ0n) is 39.6. The van der Waals surface area contributed by atoms with E-state index in [4.69, 9.17) is 28.9 Å². The Balaban J connectivity index is 1.14. The highest BCUT2D eigenvalue weighted by atomic mass is 16.8. The van der Waals surface area contributed by atoms with Gasteiger partial charge in [0, 0.05) is 50.0 Å². The Morgan fingerprint density at radius 1 is 0.826 bits per heavy atom. The average Bonchev–Trinajstić information content (AvgIpc) is 4.25. The van der Waals surface area contributed by atoms with Gasteiger partial charge in [-0.25, -0.2) is 0 Å². The van der Waals surface area contributed by atoms with Crippen LogP contribution in [-0.2, 0) is 25.7 Å². The summed E-state index contributed by atoms with van der Waals surface area (Å²) in [6, 6.07) is 38.7. The predicted molar refractivity (Wildman–Crippen MR) is 269 cm³/mol. The van der Waals surface area contributed by atoms with Crippen LogP contribution in [0, 0.1) is 23.7 Å². The van der Waals surface area contributed by atoms with Crippen LogP contribution < -0.4 is 9.47 Å². The first-order valence-corrected chi connectivity index (χ1v) is 25.4. The minimum atomic E-state index is -1.37. The molecule has 10 rings (SSSR count). The van der Waals surface area contributed by atoms with E-state index in [1.54, 1.807) is 6.08 Å². The lowest BCUT2D eigenvalue weighted by Crippen LogP contribution is -2.70. The van der Waals surface area contributed by atoms with Gasteiger partial charge in [0.2, 0.25) is 18.0 Å². The SMILES string of the molecule is C=CCO[C@@]12Oc3ccc(Oc4ccc(-c5ccccc5)cc4)cc3[C@H]3[C@H](CCCCO)[C@@H](CCCCO)C=C(C(=NOC4CCCCO4)C[C@@H]1N(Cc1cccc4ccccc14)C(=O)C1CC1)[C@H]32. The van der Waals surface area contributed by atoms with E-state index in [1.165, 1.54) is 0 Å². The molecule has 7 atom stereocenters. The molecule has 2 N–H and O–H groups in total. The summed E-state index contributed by atoms with van der Waals surface area (Å²) in [5, 5.41) is 27.5. The largest absolute Gasteiger partial charge is 0.459 e. The van der Waals surface area contributed by atoms with Gasteiger partial charge in [-0.2, -0.15) is 0 Å². The summed E-state index contributed by atoms with van der Waals surface area (Å²) in [5.41, 5.74) is 6.07. The number of amides is 1. The number of allylic oxidation sites excluding steroid dienone is 1. The number of carbonyl (C=O) groups excluding carboxylic acids is 1. The van der Waals surface area contributed by atoms with Gasteiger partial charge >= 0.3 is 0 Å². The Bertz CT molecular complexity index is 2620. The van der Waals surface area contributed by atoms with Crippen molar-refractivity contribution in [1.82, 2.24) is 4.90 Å². The molecule has 10 nitrogen and oxygen atoms in total. The van der Waals surface area contributed by atoms with Crippen LogP contribution in [0.4, 0.5) is 0 Å². The second-order valence-corrected chi connectivity index (χ2v) is 19.5. The van der Waals surface area contributed by atoms with E-state index in [2.05, 4.69) is 84.3 Å². The van der Waals surface area contributed by atoms with Crippen LogP contribution in [0.1, 0.15) is 94.1 Å². The maximum absolute atomic E-state index is 15.2. The normalized spacial score (nSPS) is 25.5. The van der Waals surface area contributed by atoms with E-state index >= 15 is 4.79 Å². The van der Waals surface area contributed by atoms with Crippen LogP contribution in [0.2, 0.25) is 0 Å². The summed E-state index contributed by atoms with van der Waals surface area (Å²) >= 11 is 0. The summed E-state index contributed by atoms with van der Waals surface area (Å²) in [4.78, 5) is 23.7. The molecule has 2 saturated carbocycles. The van der Waals surface area contributed by atoms with Crippen molar-refractivity contribution in [2.45, 2.75) is 108 Å². The maximum atomic E-state index is 15.2. The number of aliphatic hydroxyl groups is 2. The standard InChI is InChI=1S/C59H66N2O8/c1-2-34-66-59-54(61(58(64)43-24-25-43)39-45-20-14-19-42-17-6-7-21-48(42)45)38-52(60-69-55-23-10-13-35-65-55)50-36-44(18-8-11-32-62)49(22-9-12-33-63)56(57(50)59)51-37-47(30-31-53(51)68-59)67-46-28-26-41(27-29-46)40-15-4-3-5-16-40/h2-7,14-17,19-21,26-31,36-37,43-44,49,54-57,62-63H,1,8-13,18,22-25,32-35,38-39H2/t44-,49+,54-,55?,56+,57+,59+/m0/s1. The highest BCUT2D eigenvalue weighted by Gasteiger charge is 2.66. The average molecular weight is 931 g/mol. The van der Waals surface area contributed by atoms with Crippen LogP contribution in [-0.4, -0.2) is 71.3 Å². The van der Waals surface area contributed by atoms with Gasteiger partial charge in [0.1, 0.15) is 23.3 Å². The number of nitrogens with zero attached hydrogens (tertiary/aromatic N) is 2. The highest BCUT2D eigenvalue weighted by Crippen LogP contribution is 2.62. The first kappa shape index (κ1) is 46.9. The molecular formula is C59H66N2O8. The number of aliphatic hydroxyl groups excluding tert-OH is 2. The molecule has 0 spiro atoms. The van der Waals surface area contributed by atoms with Gasteiger partial charge in [0.15, 0.2) is 0 Å². The van der Waals surface area contributed by atoms with Gasteiger partial charge in [-0.05, 0) is 127 Å². The number of fused-ring (bicyclic) bond motifs is 3. The van der Waals surface area contributed by atoms with Gasteiger partial charge in [0.05, 0.1) is 24.8 Å². The number of carbonyl (C=O) groups is 1. The van der Waals surface area contributed by atoms with Gasteiger partial charge in [0.25, 0.3) is 0 Å². The highest BCUT2D eigenvalue weighted by molar-refractivity contribution is 6.03. The summed E-state index contributed by atoms with van der Waals surface area (Å²) in [7, 11) is 0. The van der Waals surface area contributed by atoms with Gasteiger partial charge in [-0.15, -0.1) is 6.58 Å². The third kappa shape index (κ3) is 10.00. The molecule has 0 bridgehead atoms. The second kappa shape index (κ2) is 21.5. The fourth-order valence-electron chi connectivity index (χ4n) is 11.6. The quantitative estimate of drug-likeness (QED) is 0.0450. The van der Waals surface area contributed by atoms with Crippen molar-refractivity contribution in [3.05, 3.63) is 151 Å². The monoisotopic (exact) mass is 930 g/mol. The zero-order chi connectivity index (χ0) is 47.2. The molecule has 2 aliphatic heterocycles. The predicted octanol–water partition coefficient (Wildman–Crippen LogP) is 11.9. The van der Waals surface area contributed by atoms with Crippen LogP contribution in [0.3, 0.4) is 0 Å². The number of hydrogen-bond donors (Lipinski definition) is 2. The third-order valence-electron chi connectivity index (χ3n) is 15.1. The number of ether oxygens (including phenoxy) is 4. The van der Waals surface area contributed by atoms with Gasteiger partial charge in [-0.1, -0.05) is 115 Å². The van der Waals surface area contributed by atoms with Gasteiger partial charge in [-0.3, -0.25) is 4.79 Å². The summed E-state index contributed by atoms with van der Waals surface area (Å²) in [5.74, 6) is 0.271. The second-order valence-electron chi connectivity index (χ2n) is 19.5. The number of benzene rings is 5. The molecule has 5 aromatic carbocycles. The van der Waals surface area contributed by atoms with E-state index in [9.17, 15) is 10.2 Å². The molecule has 1 saturated heterocycles. The molecule has 360 valence electrons. The smallest absolute Gasteiger partial charge is 0.239 e. The molecule has 1 amide bonds. The van der Waals surface area contributed by atoms with E-state index < -0.39 is 24.0 Å². The Hall–Kier alpha value is -5.78. The molecule has 3 fully saturated rings. The molecule has 5 aliphatic rings. The Kier molecular flexibility index (Phi) is 14.6. The molecule has 69 heavy (non-hydrogen) atoms. The van der Waals surface area contributed by atoms with E-state index in [-0.39, 0.29) is 49.4 Å². The fraction of sp³-hybridized carbons (Fsp3) is 0.424. The van der Waals surface area contributed by atoms with E-state index in [1.807, 2.05) is 48.5 Å². The van der Waals surface area contributed by atoms with Crippen molar-refractivity contribution >= 4 is 22.4 Å². The lowest BCUT2D eigenvalue weighted by molar-refractivity contribution is -0.258. The molecule has 2 heterocycles. The minimum absolute atomic E-state index is 0.0759. The van der Waals surface area contributed by atoms with Crippen molar-refractivity contribution < 1.29 is 38.8 Å². The minimum Gasteiger partial charge on any atom is -0.459 e. The summed E-state index contributed by atoms with van der Waals surface area (Å²) in [6.07, 6.45) is 13.2. The molecule has 5 aromatic rings. The van der Waals surface area contributed by atoms with Crippen molar-refractivity contribution in [3.63, 3.8) is 0 Å². The van der Waals surface area contributed by atoms with Crippen LogP contribution >= 0.6 is 0 Å². The third-order valence-corrected chi connectivity index (χ3v) is 15.1. The zero-order valence-corrected chi connectivity index (χ0v) is 39.6. The van der Waals surface area contributed by atoms with Crippen LogP contribution in [0.25, 0.3) is 21.9 Å². The summed E-state index contributed by atoms with van der Waals surface area (Å²) in [6.45, 7) is 5.53. The molecule has 3 aliphatic carbocycles. The first-order chi connectivity index (χ1) is 34.0. The van der Waals surface area contributed by atoms with Crippen molar-refractivity contribution in [3.8, 4) is 28.4 Å². The van der Waals surface area contributed by atoms with E-state index in [0.717, 1.165) is 108 Å². The van der Waals surface area contributed by atoms with Crippen LogP contribution in [0.5, 0.6) is 17.2 Å². The number of rotatable bonds is 20. The molecule has 10 heteroatoms. The topological polar surface area (TPSA) is 119 Å². The van der Waals surface area contributed by atoms with Crippen LogP contribution in [0.15, 0.2) is 145 Å². The maximum Gasteiger partial charge on any atom is 0.239 e. The van der Waals surface area contributed by atoms with Gasteiger partial charge < -0.3 is 38.9 Å². The van der Waals surface area contributed by atoms with Crippen molar-refractivity contribution in [1.29, 1.82) is 0 Å². The molecule has 1 unspecified atom stereocenters. The first-order valence-electron chi connectivity index (χ1n) is 25.4. The van der Waals surface area contributed by atoms with Crippen molar-refractivity contribution in [2.75, 3.05) is 26.4 Å². The lowest BCUT2D eigenvalue weighted by Gasteiger charge is -2.60. The lowest BCUT2D eigenvalue weighted by atomic mass is 9.55. The molecule has 0 radical (unpaired) electrons. The number of unbranched alkanes of at least 4 members (excludes halogenated alkanes) is 2.